The number of nitrogens with zero attached hydrogens (tertiary/aromatic N) is 3. The summed E-state index contributed by atoms with van der Waals surface area (Å²) in [4.78, 5) is 19.7. The zero-order valence-corrected chi connectivity index (χ0v) is 14.2. The molecule has 0 saturated carbocycles. The molecule has 0 unspecified atom stereocenters. The van der Waals surface area contributed by atoms with Crippen LogP contribution in [-0.4, -0.2) is 54.3 Å². The molecule has 0 aromatic carbocycles. The van der Waals surface area contributed by atoms with Crippen molar-refractivity contribution >= 4 is 28.9 Å². The summed E-state index contributed by atoms with van der Waals surface area (Å²) in [7, 11) is 2.13. The van der Waals surface area contributed by atoms with Crippen molar-refractivity contribution in [2.75, 3.05) is 33.2 Å². The van der Waals surface area contributed by atoms with E-state index >= 15 is 0 Å². The Morgan fingerprint density at radius 3 is 3.10 bits per heavy atom. The van der Waals surface area contributed by atoms with Gasteiger partial charge in [-0.3, -0.25) is 4.90 Å². The molecule has 0 radical (unpaired) electrons. The number of carbonyl (C=O) groups excluding carboxylic acids is 1. The van der Waals surface area contributed by atoms with Crippen LogP contribution in [0.3, 0.4) is 0 Å². The van der Waals surface area contributed by atoms with E-state index in [1.165, 1.54) is 11.3 Å². The van der Waals surface area contributed by atoms with Crippen LogP contribution in [0.25, 0.3) is 0 Å². The lowest BCUT2D eigenvalue weighted by atomic mass is 10.1. The summed E-state index contributed by atoms with van der Waals surface area (Å²) in [6.07, 6.45) is 3.70. The Balaban J connectivity index is 1.76. The number of aromatic nitrogens is 1. The molecule has 0 N–H and O–H groups in total. The molecule has 1 aromatic rings. The molecule has 5 heteroatoms. The highest BCUT2D eigenvalue weighted by Gasteiger charge is 2.17. The highest BCUT2D eigenvalue weighted by molar-refractivity contribution is 14.1. The van der Waals surface area contributed by atoms with Gasteiger partial charge in [-0.15, -0.1) is 0 Å². The SMILES string of the molecule is CN(CCCC=O)CCN1CCc2nc(I)ccc2C1. The van der Waals surface area contributed by atoms with Gasteiger partial charge in [0.25, 0.3) is 0 Å². The number of pyridine rings is 1. The van der Waals surface area contributed by atoms with Crippen molar-refractivity contribution in [1.29, 1.82) is 0 Å². The van der Waals surface area contributed by atoms with E-state index in [9.17, 15) is 4.79 Å². The molecule has 0 amide bonds. The van der Waals surface area contributed by atoms with Gasteiger partial charge in [-0.2, -0.15) is 0 Å². The smallest absolute Gasteiger partial charge is 0.120 e. The Labute approximate surface area is 134 Å². The summed E-state index contributed by atoms with van der Waals surface area (Å²) in [6, 6.07) is 4.30. The Hall–Kier alpha value is -0.530. The first-order chi connectivity index (χ1) is 9.69. The number of hydrogen-bond acceptors (Lipinski definition) is 4. The maximum atomic E-state index is 10.3. The molecule has 0 aliphatic carbocycles. The summed E-state index contributed by atoms with van der Waals surface area (Å²) in [5.41, 5.74) is 2.65. The van der Waals surface area contributed by atoms with E-state index in [0.29, 0.717) is 6.42 Å². The Bertz CT molecular complexity index is 453. The lowest BCUT2D eigenvalue weighted by Crippen LogP contribution is -2.37. The maximum absolute atomic E-state index is 10.3. The van der Waals surface area contributed by atoms with Gasteiger partial charge in [0.15, 0.2) is 0 Å². The van der Waals surface area contributed by atoms with Gasteiger partial charge < -0.3 is 9.69 Å². The van der Waals surface area contributed by atoms with Crippen LogP contribution < -0.4 is 0 Å². The predicted molar refractivity (Wildman–Crippen MR) is 88.7 cm³/mol. The third-order valence-corrected chi connectivity index (χ3v) is 4.35. The number of hydrogen-bond donors (Lipinski definition) is 0. The van der Waals surface area contributed by atoms with Crippen molar-refractivity contribution in [2.45, 2.75) is 25.8 Å². The van der Waals surface area contributed by atoms with Crippen molar-refractivity contribution in [3.63, 3.8) is 0 Å². The molecule has 4 nitrogen and oxygen atoms in total. The molecule has 1 aliphatic rings. The van der Waals surface area contributed by atoms with Crippen molar-refractivity contribution in [2.24, 2.45) is 0 Å². The first kappa shape index (κ1) is 15.9. The van der Waals surface area contributed by atoms with Crippen LogP contribution in [-0.2, 0) is 17.8 Å². The summed E-state index contributed by atoms with van der Waals surface area (Å²) in [5, 5.41) is 0. The van der Waals surface area contributed by atoms with Crippen LogP contribution in [0.1, 0.15) is 24.1 Å². The van der Waals surface area contributed by atoms with Crippen LogP contribution in [0.5, 0.6) is 0 Å². The molecule has 0 spiro atoms. The summed E-state index contributed by atoms with van der Waals surface area (Å²) >= 11 is 2.28. The molecule has 20 heavy (non-hydrogen) atoms. The molecule has 0 fully saturated rings. The molecule has 0 bridgehead atoms. The Morgan fingerprint density at radius 2 is 2.30 bits per heavy atom. The molecule has 110 valence electrons. The van der Waals surface area contributed by atoms with E-state index in [4.69, 9.17) is 0 Å². The van der Waals surface area contributed by atoms with Gasteiger partial charge in [-0.05, 0) is 54.2 Å². The van der Waals surface area contributed by atoms with Gasteiger partial charge in [0.2, 0.25) is 0 Å². The second-order valence-electron chi connectivity index (χ2n) is 5.38. The number of unbranched alkanes of at least 4 members (excludes halogenated alkanes) is 1. The lowest BCUT2D eigenvalue weighted by Gasteiger charge is -2.29. The second kappa shape index (κ2) is 8.05. The van der Waals surface area contributed by atoms with Gasteiger partial charge in [-0.1, -0.05) is 6.07 Å². The van der Waals surface area contributed by atoms with Crippen molar-refractivity contribution in [3.8, 4) is 0 Å². The highest BCUT2D eigenvalue weighted by Crippen LogP contribution is 2.18. The number of halogens is 1. The zero-order chi connectivity index (χ0) is 14.4. The molecule has 1 aromatic heterocycles. The van der Waals surface area contributed by atoms with Crippen LogP contribution in [0.4, 0.5) is 0 Å². The molecular weight excluding hydrogens is 365 g/mol. The molecule has 2 heterocycles. The predicted octanol–water partition coefficient (Wildman–Crippen LogP) is 1.96. The van der Waals surface area contributed by atoms with Crippen LogP contribution in [0.15, 0.2) is 12.1 Å². The largest absolute Gasteiger partial charge is 0.305 e. The normalized spacial score (nSPS) is 15.3. The van der Waals surface area contributed by atoms with Gasteiger partial charge in [0.1, 0.15) is 9.99 Å². The molecule has 0 saturated heterocycles. The van der Waals surface area contributed by atoms with Gasteiger partial charge in [0, 0.05) is 44.7 Å². The number of carbonyl (C=O) groups is 1. The standard InChI is InChI=1S/C15H22IN3O/c1-18(7-2-3-11-20)9-10-19-8-6-14-13(12-19)4-5-15(16)17-14/h4-5,11H,2-3,6-10,12H2,1H3. The topological polar surface area (TPSA) is 36.4 Å². The van der Waals surface area contributed by atoms with Crippen LogP contribution >= 0.6 is 22.6 Å². The lowest BCUT2D eigenvalue weighted by molar-refractivity contribution is -0.108. The molecule has 2 rings (SSSR count). The first-order valence-electron chi connectivity index (χ1n) is 7.18. The minimum absolute atomic E-state index is 0.672. The van der Waals surface area contributed by atoms with E-state index in [0.717, 1.165) is 55.6 Å². The van der Waals surface area contributed by atoms with Crippen molar-refractivity contribution < 1.29 is 4.79 Å². The second-order valence-corrected chi connectivity index (χ2v) is 6.48. The molecular formula is C15H22IN3O. The monoisotopic (exact) mass is 387 g/mol. The summed E-state index contributed by atoms with van der Waals surface area (Å²) < 4.78 is 1.09. The fourth-order valence-corrected chi connectivity index (χ4v) is 2.98. The summed E-state index contributed by atoms with van der Waals surface area (Å²) in [6.45, 7) is 5.27. The Morgan fingerprint density at radius 1 is 1.45 bits per heavy atom. The van der Waals surface area contributed by atoms with E-state index < -0.39 is 0 Å². The summed E-state index contributed by atoms with van der Waals surface area (Å²) in [5.74, 6) is 0. The van der Waals surface area contributed by atoms with Gasteiger partial charge >= 0.3 is 0 Å². The quantitative estimate of drug-likeness (QED) is 0.310. The van der Waals surface area contributed by atoms with Gasteiger partial charge in [0.05, 0.1) is 0 Å². The average Bonchev–Trinajstić information content (AvgIpc) is 2.45. The number of fused-ring (bicyclic) bond motifs is 1. The zero-order valence-electron chi connectivity index (χ0n) is 12.0. The fraction of sp³-hybridized carbons (Fsp3) is 0.600. The minimum Gasteiger partial charge on any atom is -0.305 e. The van der Waals surface area contributed by atoms with E-state index in [2.05, 4.69) is 56.6 Å². The van der Waals surface area contributed by atoms with E-state index in [1.807, 2.05) is 0 Å². The third kappa shape index (κ3) is 4.79. The fourth-order valence-electron chi connectivity index (χ4n) is 2.51. The highest BCUT2D eigenvalue weighted by atomic mass is 127. The number of aldehydes is 1. The molecule has 0 atom stereocenters. The van der Waals surface area contributed by atoms with Crippen LogP contribution in [0.2, 0.25) is 0 Å². The van der Waals surface area contributed by atoms with Crippen LogP contribution in [0, 0.1) is 3.70 Å². The van der Waals surface area contributed by atoms with Crippen molar-refractivity contribution in [1.82, 2.24) is 14.8 Å². The first-order valence-corrected chi connectivity index (χ1v) is 8.26. The average molecular weight is 387 g/mol. The number of likely N-dealkylation sites (N-methyl/N-ethyl adjacent to an activating group) is 1. The minimum atomic E-state index is 0.672. The number of rotatable bonds is 7. The van der Waals surface area contributed by atoms with Crippen molar-refractivity contribution in [3.05, 3.63) is 27.1 Å². The van der Waals surface area contributed by atoms with E-state index in [1.54, 1.807) is 0 Å². The third-order valence-electron chi connectivity index (χ3n) is 3.75. The van der Waals surface area contributed by atoms with E-state index in [-0.39, 0.29) is 0 Å². The Kier molecular flexibility index (Phi) is 6.38. The van der Waals surface area contributed by atoms with Gasteiger partial charge in [-0.25, -0.2) is 4.98 Å². The maximum Gasteiger partial charge on any atom is 0.120 e. The molecule has 1 aliphatic heterocycles.